The zero-order valence-electron chi connectivity index (χ0n) is 61.7. The molecule has 0 aromatic carbocycles. The summed E-state index contributed by atoms with van der Waals surface area (Å²) in [5.74, 6) is -1.30. The Hall–Kier alpha value is -2.30. The Morgan fingerprint density at radius 2 is 0.760 bits per heavy atom. The van der Waals surface area contributed by atoms with E-state index in [-0.39, 0.29) is 19.3 Å². The van der Waals surface area contributed by atoms with Gasteiger partial charge in [-0.05, 0) is 50.9 Å². The molecule has 3 rings (SSSR count). The number of carbonyl (C=O) groups excluding carboxylic acids is 3. The topological polar surface area (TPSA) is 374 Å². The van der Waals surface area contributed by atoms with Crippen molar-refractivity contribution < 1.29 is 117 Å². The van der Waals surface area contributed by atoms with Crippen molar-refractivity contribution in [3.8, 4) is 0 Å². The number of aliphatic hydroxyl groups is 10. The minimum Gasteiger partial charge on any atom is -0.463 e. The van der Waals surface area contributed by atoms with Gasteiger partial charge < -0.3 is 89.1 Å². The summed E-state index contributed by atoms with van der Waals surface area (Å²) < 4.78 is 65.1. The van der Waals surface area contributed by atoms with Crippen LogP contribution >= 0.6 is 7.82 Å². The second kappa shape index (κ2) is 56.1. The maximum Gasteiger partial charge on any atom is 0.472 e. The van der Waals surface area contributed by atoms with Gasteiger partial charge in [-0.2, -0.15) is 0 Å². The van der Waals surface area contributed by atoms with Crippen LogP contribution in [0, 0.1) is 5.92 Å². The number of phosphoric acid groups is 1. The molecular formula is C75H139O24P. The fraction of sp³-hybridized carbons (Fsp3) is 0.933. The van der Waals surface area contributed by atoms with E-state index in [1.807, 2.05) is 0 Å². The first kappa shape index (κ1) is 91.9. The van der Waals surface area contributed by atoms with Crippen LogP contribution in [-0.2, 0) is 61.2 Å². The Labute approximate surface area is 599 Å². The van der Waals surface area contributed by atoms with Crippen molar-refractivity contribution in [1.29, 1.82) is 0 Å². The Kier molecular flexibility index (Phi) is 51.5. The third kappa shape index (κ3) is 38.8. The number of aliphatic hydroxyl groups excluding tert-OH is 10. The molecule has 0 radical (unpaired) electrons. The molecule has 19 unspecified atom stereocenters. The van der Waals surface area contributed by atoms with Crippen LogP contribution in [-0.4, -0.2) is 204 Å². The highest BCUT2D eigenvalue weighted by Gasteiger charge is 2.58. The summed E-state index contributed by atoms with van der Waals surface area (Å²) in [6.45, 7) is 5.79. The average molecular weight is 1460 g/mol. The molecule has 3 aliphatic rings. The molecule has 11 N–H and O–H groups in total. The zero-order valence-corrected chi connectivity index (χ0v) is 62.6. The number of carbonyl (C=O) groups is 3. The third-order valence-electron chi connectivity index (χ3n) is 19.7. The summed E-state index contributed by atoms with van der Waals surface area (Å²) >= 11 is 0. The summed E-state index contributed by atoms with van der Waals surface area (Å²) in [5, 5.41) is 110. The summed E-state index contributed by atoms with van der Waals surface area (Å²) in [6.07, 6.45) is 14.1. The van der Waals surface area contributed by atoms with E-state index < -0.39 is 156 Å². The van der Waals surface area contributed by atoms with Crippen LogP contribution in [0.15, 0.2) is 12.2 Å². The average Bonchev–Trinajstić information content (AvgIpc) is 0.768. The molecule has 2 aliphatic heterocycles. The fourth-order valence-electron chi connectivity index (χ4n) is 13.2. The van der Waals surface area contributed by atoms with E-state index in [1.54, 1.807) is 0 Å². The predicted molar refractivity (Wildman–Crippen MR) is 379 cm³/mol. The number of hydrogen-bond donors (Lipinski definition) is 11. The quantitative estimate of drug-likeness (QED) is 0.00886. The van der Waals surface area contributed by atoms with Crippen LogP contribution in [0.4, 0.5) is 0 Å². The Bertz CT molecular complexity index is 2130. The van der Waals surface area contributed by atoms with Gasteiger partial charge >= 0.3 is 25.7 Å². The van der Waals surface area contributed by atoms with Gasteiger partial charge in [0.15, 0.2) is 18.7 Å². The summed E-state index contributed by atoms with van der Waals surface area (Å²) in [5.41, 5.74) is 0. The molecule has 0 bridgehead atoms. The van der Waals surface area contributed by atoms with E-state index in [9.17, 15) is 74.9 Å². The molecule has 0 aromatic heterocycles. The highest BCUT2D eigenvalue weighted by Crippen LogP contribution is 2.49. The lowest BCUT2D eigenvalue weighted by molar-refractivity contribution is -0.360. The number of rotatable bonds is 61. The molecule has 2 heterocycles. The number of allylic oxidation sites excluding steroid dienone is 2. The minimum absolute atomic E-state index is 0.00928. The molecule has 25 heteroatoms. The van der Waals surface area contributed by atoms with E-state index in [2.05, 4.69) is 39.8 Å². The van der Waals surface area contributed by atoms with Crippen LogP contribution in [0.3, 0.4) is 0 Å². The molecule has 2 saturated heterocycles. The second-order valence-corrected chi connectivity index (χ2v) is 30.1. The molecule has 588 valence electrons. The maximum absolute atomic E-state index is 14.4. The van der Waals surface area contributed by atoms with E-state index in [4.69, 9.17) is 42.2 Å². The first-order chi connectivity index (χ1) is 48.2. The molecule has 0 amide bonds. The summed E-state index contributed by atoms with van der Waals surface area (Å²) in [7, 11) is -5.70. The molecule has 0 spiro atoms. The van der Waals surface area contributed by atoms with Crippen molar-refractivity contribution >= 4 is 25.7 Å². The highest BCUT2D eigenvalue weighted by molar-refractivity contribution is 7.47. The summed E-state index contributed by atoms with van der Waals surface area (Å²) in [4.78, 5) is 51.1. The van der Waals surface area contributed by atoms with Gasteiger partial charge in [-0.1, -0.05) is 258 Å². The van der Waals surface area contributed by atoms with Crippen molar-refractivity contribution in [3.05, 3.63) is 12.2 Å². The van der Waals surface area contributed by atoms with Crippen molar-refractivity contribution in [2.75, 3.05) is 26.4 Å². The van der Waals surface area contributed by atoms with Gasteiger partial charge in [0.2, 0.25) is 0 Å². The second-order valence-electron chi connectivity index (χ2n) is 28.7. The van der Waals surface area contributed by atoms with Crippen molar-refractivity contribution in [3.63, 3.8) is 0 Å². The van der Waals surface area contributed by atoms with E-state index in [0.29, 0.717) is 25.2 Å². The number of phosphoric ester groups is 1. The lowest BCUT2D eigenvalue weighted by Crippen LogP contribution is -2.69. The first-order valence-electron chi connectivity index (χ1n) is 39.4. The van der Waals surface area contributed by atoms with E-state index in [0.717, 1.165) is 96.3 Å². The fourth-order valence-corrected chi connectivity index (χ4v) is 14.1. The van der Waals surface area contributed by atoms with Gasteiger partial charge in [0.25, 0.3) is 0 Å². The van der Waals surface area contributed by atoms with Gasteiger partial charge in [-0.3, -0.25) is 23.4 Å². The zero-order chi connectivity index (χ0) is 73.3. The van der Waals surface area contributed by atoms with Crippen molar-refractivity contribution in [2.24, 2.45) is 5.92 Å². The number of ether oxygens (including phenoxy) is 7. The summed E-state index contributed by atoms with van der Waals surface area (Å²) in [6, 6.07) is 0. The standard InChI is InChI=1S/C75H139O24P/c1-5-8-11-14-17-19-21-23-25-27-29-31-33-40-45-50-61(79)94-56(52-91-59(77)48-43-39-35-34-37-42-47-55(4)46-41-36-16-13-10-7-3)53-93-100(89,90)99-73-71(97-74-69(87)64(82)62(80)57(51-76)95-74)67(85)66(84)68(86)72(73)98-75-70(88)65(83)63(81)58(96-75)54-92-60(78)49-44-38-32-30-28-26-24-22-20-18-15-12-9-6-2/h26,28,55-58,62-76,80-88H,5-25,27,29-54H2,1-4H3,(H,89,90)/b28-26-. The minimum atomic E-state index is -5.70. The molecule has 1 saturated carbocycles. The molecular weight excluding hydrogens is 1320 g/mol. The largest absolute Gasteiger partial charge is 0.472 e. The Morgan fingerprint density at radius 3 is 1.19 bits per heavy atom. The van der Waals surface area contributed by atoms with E-state index >= 15 is 0 Å². The SMILES string of the molecule is CCCCCCCCC/C=C\CCCCCC(=O)OCC1OC(OC2C(O)C(O)C(O)C(OC3OC(CO)C(O)C(O)C3O)C2OP(=O)(O)OCC(COC(=O)CCCCCCCCC(C)CCCCCCCC)OC(=O)CCCCCCCCCCCCCCCCC)C(O)C(O)C1O. The van der Waals surface area contributed by atoms with Gasteiger partial charge in [0.05, 0.1) is 13.2 Å². The maximum atomic E-state index is 14.4. The molecule has 0 aromatic rings. The van der Waals surface area contributed by atoms with E-state index in [1.165, 1.54) is 148 Å². The number of esters is 3. The van der Waals surface area contributed by atoms with Crippen molar-refractivity contribution in [1.82, 2.24) is 0 Å². The van der Waals surface area contributed by atoms with Gasteiger partial charge in [-0.25, -0.2) is 4.57 Å². The van der Waals surface area contributed by atoms with Crippen LogP contribution in [0.1, 0.15) is 310 Å². The number of unbranched alkanes of at least 4 members (excludes halogenated alkanes) is 34. The van der Waals surface area contributed by atoms with Crippen molar-refractivity contribution in [2.45, 2.75) is 414 Å². The Morgan fingerprint density at radius 1 is 0.410 bits per heavy atom. The number of hydrogen-bond acceptors (Lipinski definition) is 23. The lowest BCUT2D eigenvalue weighted by atomic mass is 9.84. The molecule has 19 atom stereocenters. The van der Waals surface area contributed by atoms with Gasteiger partial charge in [0.1, 0.15) is 98.7 Å². The molecule has 24 nitrogen and oxygen atoms in total. The third-order valence-corrected chi connectivity index (χ3v) is 20.7. The highest BCUT2D eigenvalue weighted by atomic mass is 31.2. The monoisotopic (exact) mass is 1450 g/mol. The smallest absolute Gasteiger partial charge is 0.463 e. The predicted octanol–water partition coefficient (Wildman–Crippen LogP) is 11.4. The van der Waals surface area contributed by atoms with Gasteiger partial charge in [-0.15, -0.1) is 0 Å². The molecule has 3 fully saturated rings. The molecule has 100 heavy (non-hydrogen) atoms. The first-order valence-corrected chi connectivity index (χ1v) is 40.9. The van der Waals surface area contributed by atoms with Crippen LogP contribution in [0.5, 0.6) is 0 Å². The Balaban J connectivity index is 1.73. The van der Waals surface area contributed by atoms with Crippen LogP contribution < -0.4 is 0 Å². The lowest BCUT2D eigenvalue weighted by Gasteiger charge is -2.49. The van der Waals surface area contributed by atoms with Crippen LogP contribution in [0.25, 0.3) is 0 Å². The normalized spacial score (nSPS) is 27.7. The van der Waals surface area contributed by atoms with Gasteiger partial charge in [0, 0.05) is 19.3 Å². The molecule has 1 aliphatic carbocycles. The van der Waals surface area contributed by atoms with Crippen LogP contribution in [0.2, 0.25) is 0 Å².